The summed E-state index contributed by atoms with van der Waals surface area (Å²) in [6, 6.07) is 9.15. The Labute approximate surface area is 155 Å². The molecule has 4 rings (SSSR count). The second kappa shape index (κ2) is 7.12. The molecule has 4 aromatic rings. The zero-order valence-corrected chi connectivity index (χ0v) is 15.2. The van der Waals surface area contributed by atoms with Crippen LogP contribution in [0.4, 0.5) is 5.69 Å². The van der Waals surface area contributed by atoms with E-state index >= 15 is 0 Å². The third-order valence-corrected chi connectivity index (χ3v) is 4.34. The fourth-order valence-electron chi connectivity index (χ4n) is 2.96. The summed E-state index contributed by atoms with van der Waals surface area (Å²) in [5.74, 6) is -0.225. The minimum Gasteiger partial charge on any atom is -0.331 e. The van der Waals surface area contributed by atoms with E-state index < -0.39 is 0 Å². The molecule has 0 fully saturated rings. The average Bonchev–Trinajstić information content (AvgIpc) is 3.27. The third-order valence-electron chi connectivity index (χ3n) is 4.34. The number of aromatic nitrogens is 6. The van der Waals surface area contributed by atoms with Crippen molar-refractivity contribution < 1.29 is 4.79 Å². The van der Waals surface area contributed by atoms with Crippen molar-refractivity contribution in [1.29, 1.82) is 0 Å². The molecule has 0 aliphatic carbocycles. The van der Waals surface area contributed by atoms with E-state index in [1.165, 1.54) is 4.52 Å². The Morgan fingerprint density at radius 2 is 2.11 bits per heavy atom. The highest BCUT2D eigenvalue weighted by Gasteiger charge is 2.10. The van der Waals surface area contributed by atoms with E-state index in [-0.39, 0.29) is 5.91 Å². The molecule has 0 unspecified atom stereocenters. The van der Waals surface area contributed by atoms with Gasteiger partial charge in [0.1, 0.15) is 0 Å². The molecule has 1 aromatic carbocycles. The number of imidazole rings is 1. The third kappa shape index (κ3) is 3.63. The Morgan fingerprint density at radius 3 is 2.96 bits per heavy atom. The number of hydrogen-bond acceptors (Lipinski definition) is 6. The minimum absolute atomic E-state index is 0.225. The van der Waals surface area contributed by atoms with E-state index in [1.54, 1.807) is 18.3 Å². The molecule has 9 heteroatoms. The lowest BCUT2D eigenvalue weighted by atomic mass is 10.2. The zero-order valence-electron chi connectivity index (χ0n) is 15.2. The molecule has 0 radical (unpaired) electrons. The van der Waals surface area contributed by atoms with Gasteiger partial charge in [-0.15, -0.1) is 5.10 Å². The van der Waals surface area contributed by atoms with E-state index in [0.717, 1.165) is 30.5 Å². The number of anilines is 1. The van der Waals surface area contributed by atoms with Gasteiger partial charge in [0.2, 0.25) is 0 Å². The van der Waals surface area contributed by atoms with Crippen LogP contribution in [0.3, 0.4) is 0 Å². The number of nitrogens with zero attached hydrogens (tertiary/aromatic N) is 7. The predicted molar refractivity (Wildman–Crippen MR) is 102 cm³/mol. The molecular weight excluding hydrogens is 344 g/mol. The number of fused-ring (bicyclic) bond motifs is 2. The van der Waals surface area contributed by atoms with Crippen LogP contribution in [-0.4, -0.2) is 61.0 Å². The molecule has 0 spiro atoms. The largest absolute Gasteiger partial charge is 0.331 e. The van der Waals surface area contributed by atoms with Crippen LogP contribution in [0.1, 0.15) is 16.8 Å². The molecule has 0 aliphatic heterocycles. The van der Waals surface area contributed by atoms with Gasteiger partial charge in [0, 0.05) is 18.4 Å². The van der Waals surface area contributed by atoms with Crippen LogP contribution in [0.25, 0.3) is 16.7 Å². The first-order chi connectivity index (χ1) is 13.1. The van der Waals surface area contributed by atoms with Crippen molar-refractivity contribution in [2.24, 2.45) is 0 Å². The number of carbonyl (C=O) groups excluding carboxylic acids is 1. The van der Waals surface area contributed by atoms with Crippen LogP contribution in [0.5, 0.6) is 0 Å². The fourth-order valence-corrected chi connectivity index (χ4v) is 2.96. The summed E-state index contributed by atoms with van der Waals surface area (Å²) in [5.41, 5.74) is 3.68. The SMILES string of the molecule is CN(C)CCCn1cnc2cc(NC(=O)c3ccc4nnnn4c3)ccc21. The molecule has 3 aromatic heterocycles. The lowest BCUT2D eigenvalue weighted by Gasteiger charge is -2.10. The monoisotopic (exact) mass is 364 g/mol. The minimum atomic E-state index is -0.225. The number of rotatable bonds is 6. The van der Waals surface area contributed by atoms with Gasteiger partial charge in [-0.1, -0.05) is 0 Å². The first-order valence-corrected chi connectivity index (χ1v) is 8.69. The van der Waals surface area contributed by atoms with Crippen LogP contribution >= 0.6 is 0 Å². The standard InChI is InChI=1S/C18H20N8O/c1-24(2)8-3-9-25-12-19-15-10-14(5-6-16(15)25)20-18(27)13-4-7-17-21-22-23-26(17)11-13/h4-7,10-12H,3,8-9H2,1-2H3,(H,20,27). The van der Waals surface area contributed by atoms with E-state index in [2.05, 4.69) is 49.4 Å². The number of pyridine rings is 1. The van der Waals surface area contributed by atoms with Crippen LogP contribution < -0.4 is 5.32 Å². The molecule has 0 saturated heterocycles. The number of benzene rings is 1. The van der Waals surface area contributed by atoms with Crippen molar-refractivity contribution in [2.45, 2.75) is 13.0 Å². The summed E-state index contributed by atoms with van der Waals surface area (Å²) in [5, 5.41) is 14.1. The molecule has 0 saturated carbocycles. The summed E-state index contributed by atoms with van der Waals surface area (Å²) >= 11 is 0. The van der Waals surface area contributed by atoms with Gasteiger partial charge < -0.3 is 14.8 Å². The molecule has 1 amide bonds. The fraction of sp³-hybridized carbons (Fsp3) is 0.278. The molecule has 9 nitrogen and oxygen atoms in total. The quantitative estimate of drug-likeness (QED) is 0.559. The smallest absolute Gasteiger partial charge is 0.257 e. The normalized spacial score (nSPS) is 11.5. The maximum atomic E-state index is 12.5. The number of hydrogen-bond donors (Lipinski definition) is 1. The Bertz CT molecular complexity index is 1100. The highest BCUT2D eigenvalue weighted by Crippen LogP contribution is 2.19. The van der Waals surface area contributed by atoms with Crippen molar-refractivity contribution in [1.82, 2.24) is 34.5 Å². The van der Waals surface area contributed by atoms with Crippen molar-refractivity contribution in [3.8, 4) is 0 Å². The van der Waals surface area contributed by atoms with Gasteiger partial charge in [0.15, 0.2) is 5.65 Å². The summed E-state index contributed by atoms with van der Waals surface area (Å²) in [7, 11) is 4.14. The number of nitrogens with one attached hydrogen (secondary N) is 1. The van der Waals surface area contributed by atoms with Gasteiger partial charge in [-0.25, -0.2) is 4.98 Å². The molecule has 0 atom stereocenters. The summed E-state index contributed by atoms with van der Waals surface area (Å²) in [6.07, 6.45) is 4.50. The van der Waals surface area contributed by atoms with Gasteiger partial charge in [0.05, 0.1) is 22.9 Å². The Morgan fingerprint density at radius 1 is 1.22 bits per heavy atom. The first-order valence-electron chi connectivity index (χ1n) is 8.69. The van der Waals surface area contributed by atoms with Gasteiger partial charge in [-0.05, 0) is 67.8 Å². The Kier molecular flexibility index (Phi) is 4.51. The number of carbonyl (C=O) groups is 1. The van der Waals surface area contributed by atoms with Gasteiger partial charge in [-0.2, -0.15) is 4.52 Å². The highest BCUT2D eigenvalue weighted by molar-refractivity contribution is 6.04. The lowest BCUT2D eigenvalue weighted by Crippen LogP contribution is -2.14. The molecule has 0 aliphatic rings. The van der Waals surface area contributed by atoms with E-state index in [0.29, 0.717) is 16.9 Å². The van der Waals surface area contributed by atoms with Gasteiger partial charge >= 0.3 is 0 Å². The summed E-state index contributed by atoms with van der Waals surface area (Å²) in [6.45, 7) is 1.94. The number of amides is 1. The zero-order chi connectivity index (χ0) is 18.8. The summed E-state index contributed by atoms with van der Waals surface area (Å²) in [4.78, 5) is 19.1. The van der Waals surface area contributed by atoms with E-state index in [4.69, 9.17) is 0 Å². The van der Waals surface area contributed by atoms with Crippen LogP contribution in [-0.2, 0) is 6.54 Å². The lowest BCUT2D eigenvalue weighted by molar-refractivity contribution is 0.102. The van der Waals surface area contributed by atoms with Crippen LogP contribution in [0.15, 0.2) is 42.9 Å². The second-order valence-electron chi connectivity index (χ2n) is 6.65. The van der Waals surface area contributed by atoms with E-state index in [1.807, 2.05) is 24.5 Å². The van der Waals surface area contributed by atoms with Crippen molar-refractivity contribution in [3.63, 3.8) is 0 Å². The van der Waals surface area contributed by atoms with Crippen molar-refractivity contribution in [3.05, 3.63) is 48.4 Å². The molecule has 138 valence electrons. The van der Waals surface area contributed by atoms with Crippen molar-refractivity contribution in [2.75, 3.05) is 26.0 Å². The molecular formula is C18H20N8O. The highest BCUT2D eigenvalue weighted by atomic mass is 16.1. The van der Waals surface area contributed by atoms with Crippen LogP contribution in [0.2, 0.25) is 0 Å². The molecule has 27 heavy (non-hydrogen) atoms. The maximum Gasteiger partial charge on any atom is 0.257 e. The number of tetrazole rings is 1. The van der Waals surface area contributed by atoms with Crippen LogP contribution in [0, 0.1) is 0 Å². The number of aryl methyl sites for hydroxylation is 1. The molecule has 0 bridgehead atoms. The average molecular weight is 364 g/mol. The predicted octanol–water partition coefficient (Wildman–Crippen LogP) is 1.68. The second-order valence-corrected chi connectivity index (χ2v) is 6.65. The molecule has 1 N–H and O–H groups in total. The Hall–Kier alpha value is -3.33. The summed E-state index contributed by atoms with van der Waals surface area (Å²) < 4.78 is 3.60. The van der Waals surface area contributed by atoms with Gasteiger partial charge in [0.25, 0.3) is 5.91 Å². The Balaban J connectivity index is 1.49. The van der Waals surface area contributed by atoms with Crippen molar-refractivity contribution >= 4 is 28.3 Å². The van der Waals surface area contributed by atoms with E-state index in [9.17, 15) is 4.79 Å². The molecule has 3 heterocycles. The van der Waals surface area contributed by atoms with Gasteiger partial charge in [-0.3, -0.25) is 4.79 Å². The first kappa shape index (κ1) is 17.1. The topological polar surface area (TPSA) is 93.2 Å². The maximum absolute atomic E-state index is 12.5.